The van der Waals surface area contributed by atoms with Crippen molar-refractivity contribution >= 4 is 22.6 Å². The van der Waals surface area contributed by atoms with Gasteiger partial charge in [0.2, 0.25) is 5.91 Å². The SMILES string of the molecule is COCCCn1c(C2CCCN(C(=O)CC(N)Cc3ccc(-c4ccc(N)nc4)cc3)C2)cc2ccccc21. The van der Waals surface area contributed by atoms with E-state index >= 15 is 0 Å². The van der Waals surface area contributed by atoms with Crippen LogP contribution >= 0.6 is 0 Å². The van der Waals surface area contributed by atoms with Crippen molar-refractivity contribution in [3.8, 4) is 11.1 Å². The summed E-state index contributed by atoms with van der Waals surface area (Å²) in [5.41, 5.74) is 18.0. The number of piperidine rings is 1. The standard InChI is InChI=1S/C32H39N5O2/c1-39-17-5-16-37-29-8-3-2-6-25(29)19-30(37)27-7-4-15-36(22-27)32(38)20-28(33)18-23-9-11-24(12-10-23)26-13-14-31(34)35-21-26/h2-3,6,8-14,19,21,27-28H,4-5,7,15-18,20,22,33H2,1H3,(H2,34,35). The van der Waals surface area contributed by atoms with Crippen molar-refractivity contribution in [3.05, 3.63) is 84.2 Å². The summed E-state index contributed by atoms with van der Waals surface area (Å²) in [6.07, 6.45) is 5.85. The normalized spacial score (nSPS) is 16.5. The monoisotopic (exact) mass is 525 g/mol. The number of hydrogen-bond acceptors (Lipinski definition) is 5. The van der Waals surface area contributed by atoms with E-state index in [0.717, 1.165) is 62.2 Å². The molecule has 4 N–H and O–H groups in total. The Morgan fingerprint density at radius 1 is 1.10 bits per heavy atom. The number of nitrogen functional groups attached to an aromatic ring is 1. The number of ether oxygens (including phenoxy) is 1. The van der Waals surface area contributed by atoms with Gasteiger partial charge in [0.15, 0.2) is 0 Å². The molecule has 0 aliphatic carbocycles. The fourth-order valence-corrected chi connectivity index (χ4v) is 5.77. The second-order valence-corrected chi connectivity index (χ2v) is 10.6. The first-order chi connectivity index (χ1) is 19.0. The van der Waals surface area contributed by atoms with Gasteiger partial charge in [-0.3, -0.25) is 4.79 Å². The van der Waals surface area contributed by atoms with Crippen molar-refractivity contribution in [1.82, 2.24) is 14.5 Å². The van der Waals surface area contributed by atoms with Crippen LogP contribution < -0.4 is 11.5 Å². The first-order valence-electron chi connectivity index (χ1n) is 13.9. The van der Waals surface area contributed by atoms with E-state index in [4.69, 9.17) is 16.2 Å². The fraction of sp³-hybridized carbons (Fsp3) is 0.375. The van der Waals surface area contributed by atoms with Crippen molar-refractivity contribution in [2.24, 2.45) is 5.73 Å². The quantitative estimate of drug-likeness (QED) is 0.284. The molecule has 0 saturated carbocycles. The molecule has 204 valence electrons. The van der Waals surface area contributed by atoms with E-state index < -0.39 is 0 Å². The van der Waals surface area contributed by atoms with Crippen molar-refractivity contribution in [2.75, 3.05) is 32.5 Å². The molecule has 0 spiro atoms. The Hall–Kier alpha value is -3.68. The number of pyridine rings is 1. The molecule has 0 radical (unpaired) electrons. The summed E-state index contributed by atoms with van der Waals surface area (Å²) in [6.45, 7) is 3.20. The van der Waals surface area contributed by atoms with Crippen LogP contribution in [0, 0.1) is 0 Å². The van der Waals surface area contributed by atoms with E-state index in [1.807, 2.05) is 11.0 Å². The highest BCUT2D eigenvalue weighted by atomic mass is 16.5. The number of anilines is 1. The topological polar surface area (TPSA) is 99.4 Å². The zero-order valence-electron chi connectivity index (χ0n) is 22.8. The number of rotatable bonds is 10. The van der Waals surface area contributed by atoms with Crippen LogP contribution in [0.5, 0.6) is 0 Å². The molecule has 1 aliphatic heterocycles. The summed E-state index contributed by atoms with van der Waals surface area (Å²) >= 11 is 0. The predicted octanol–water partition coefficient (Wildman–Crippen LogP) is 4.99. The average Bonchev–Trinajstić information content (AvgIpc) is 3.33. The van der Waals surface area contributed by atoms with E-state index in [1.165, 1.54) is 16.6 Å². The first kappa shape index (κ1) is 26.9. The first-order valence-corrected chi connectivity index (χ1v) is 13.9. The molecule has 3 heterocycles. The minimum absolute atomic E-state index is 0.152. The highest BCUT2D eigenvalue weighted by Crippen LogP contribution is 2.32. The van der Waals surface area contributed by atoms with Crippen molar-refractivity contribution < 1.29 is 9.53 Å². The maximum atomic E-state index is 13.3. The Morgan fingerprint density at radius 2 is 1.90 bits per heavy atom. The number of amides is 1. The lowest BCUT2D eigenvalue weighted by atomic mass is 9.93. The van der Waals surface area contributed by atoms with Crippen LogP contribution in [0.4, 0.5) is 5.82 Å². The second kappa shape index (κ2) is 12.5. The molecule has 4 aromatic rings. The van der Waals surface area contributed by atoms with Gasteiger partial charge >= 0.3 is 0 Å². The van der Waals surface area contributed by atoms with E-state index in [-0.39, 0.29) is 11.9 Å². The summed E-state index contributed by atoms with van der Waals surface area (Å²) in [7, 11) is 1.75. The van der Waals surface area contributed by atoms with Crippen molar-refractivity contribution in [1.29, 1.82) is 0 Å². The predicted molar refractivity (Wildman–Crippen MR) is 157 cm³/mol. The summed E-state index contributed by atoms with van der Waals surface area (Å²) in [4.78, 5) is 19.5. The highest BCUT2D eigenvalue weighted by Gasteiger charge is 2.28. The summed E-state index contributed by atoms with van der Waals surface area (Å²) in [5.74, 6) is 0.985. The van der Waals surface area contributed by atoms with Crippen LogP contribution in [-0.2, 0) is 22.5 Å². The van der Waals surface area contributed by atoms with E-state index in [2.05, 4.69) is 64.1 Å². The summed E-state index contributed by atoms with van der Waals surface area (Å²) in [5, 5.41) is 1.26. The van der Waals surface area contributed by atoms with E-state index in [1.54, 1.807) is 19.4 Å². The minimum atomic E-state index is -0.220. The Labute approximate surface area is 230 Å². The van der Waals surface area contributed by atoms with Crippen LogP contribution in [0.1, 0.15) is 42.9 Å². The summed E-state index contributed by atoms with van der Waals surface area (Å²) in [6, 6.07) is 22.7. The number of likely N-dealkylation sites (tertiary alicyclic amines) is 1. The van der Waals surface area contributed by atoms with Gasteiger partial charge in [-0.2, -0.15) is 0 Å². The maximum Gasteiger partial charge on any atom is 0.224 e. The lowest BCUT2D eigenvalue weighted by molar-refractivity contribution is -0.132. The van der Waals surface area contributed by atoms with Gasteiger partial charge in [-0.05, 0) is 66.5 Å². The molecule has 7 heteroatoms. The van der Waals surface area contributed by atoms with E-state index in [0.29, 0.717) is 24.6 Å². The average molecular weight is 526 g/mol. The molecule has 0 bridgehead atoms. The minimum Gasteiger partial charge on any atom is -0.385 e. The Bertz CT molecular complexity index is 1380. The molecule has 39 heavy (non-hydrogen) atoms. The van der Waals surface area contributed by atoms with Gasteiger partial charge in [0.05, 0.1) is 0 Å². The molecule has 2 atom stereocenters. The number of fused-ring (bicyclic) bond motifs is 1. The Morgan fingerprint density at radius 3 is 2.67 bits per heavy atom. The van der Waals surface area contributed by atoms with Crippen LogP contribution in [0.15, 0.2) is 72.9 Å². The van der Waals surface area contributed by atoms with Crippen LogP contribution in [0.25, 0.3) is 22.0 Å². The lowest BCUT2D eigenvalue weighted by Crippen LogP contribution is -2.42. The number of nitrogens with zero attached hydrogens (tertiary/aromatic N) is 3. The zero-order valence-corrected chi connectivity index (χ0v) is 22.8. The van der Waals surface area contributed by atoms with Gasteiger partial charge in [0.25, 0.3) is 0 Å². The zero-order chi connectivity index (χ0) is 27.2. The molecule has 2 aromatic carbocycles. The molecule has 1 amide bonds. The van der Waals surface area contributed by atoms with Gasteiger partial charge in [-0.15, -0.1) is 0 Å². The smallest absolute Gasteiger partial charge is 0.224 e. The van der Waals surface area contributed by atoms with Crippen LogP contribution in [-0.4, -0.2) is 53.2 Å². The van der Waals surface area contributed by atoms with Gasteiger partial charge in [-0.1, -0.05) is 42.5 Å². The van der Waals surface area contributed by atoms with Gasteiger partial charge < -0.3 is 25.7 Å². The van der Waals surface area contributed by atoms with E-state index in [9.17, 15) is 4.79 Å². The number of aryl methyl sites for hydroxylation is 1. The third kappa shape index (κ3) is 6.49. The van der Waals surface area contributed by atoms with Gasteiger partial charge in [-0.25, -0.2) is 4.98 Å². The lowest BCUT2D eigenvalue weighted by Gasteiger charge is -2.34. The Kier molecular flexibility index (Phi) is 8.59. The van der Waals surface area contributed by atoms with Gasteiger partial charge in [0, 0.05) is 74.7 Å². The Balaban J connectivity index is 1.21. The third-order valence-electron chi connectivity index (χ3n) is 7.77. The molecule has 1 aliphatic rings. The number of nitrogens with two attached hydrogens (primary N) is 2. The number of benzene rings is 2. The number of methoxy groups -OCH3 is 1. The number of para-hydroxylation sites is 1. The van der Waals surface area contributed by atoms with Gasteiger partial charge in [0.1, 0.15) is 5.82 Å². The molecular formula is C32H39N5O2. The molecule has 1 saturated heterocycles. The maximum absolute atomic E-state index is 13.3. The van der Waals surface area contributed by atoms with Crippen molar-refractivity contribution in [3.63, 3.8) is 0 Å². The largest absolute Gasteiger partial charge is 0.385 e. The number of carbonyl (C=O) groups is 1. The molecular weight excluding hydrogens is 486 g/mol. The molecule has 7 nitrogen and oxygen atoms in total. The summed E-state index contributed by atoms with van der Waals surface area (Å²) < 4.78 is 7.74. The molecule has 2 unspecified atom stereocenters. The number of hydrogen-bond donors (Lipinski definition) is 2. The van der Waals surface area contributed by atoms with Crippen LogP contribution in [0.3, 0.4) is 0 Å². The highest BCUT2D eigenvalue weighted by molar-refractivity contribution is 5.82. The number of aromatic nitrogens is 2. The third-order valence-corrected chi connectivity index (χ3v) is 7.77. The van der Waals surface area contributed by atoms with Crippen molar-refractivity contribution in [2.45, 2.75) is 50.6 Å². The molecule has 5 rings (SSSR count). The molecule has 1 fully saturated rings. The van der Waals surface area contributed by atoms with Crippen LogP contribution in [0.2, 0.25) is 0 Å². The fourth-order valence-electron chi connectivity index (χ4n) is 5.77. The second-order valence-electron chi connectivity index (χ2n) is 10.6. The molecule has 2 aromatic heterocycles. The number of carbonyl (C=O) groups excluding carboxylic acids is 1.